The maximum Gasteiger partial charge on any atom is 0.309 e. The molecule has 1 aromatic carbocycles. The number of esters is 1. The first kappa shape index (κ1) is 18.9. The molecular formula is C23H32O4. The van der Waals surface area contributed by atoms with E-state index < -0.39 is 0 Å². The smallest absolute Gasteiger partial charge is 0.309 e. The van der Waals surface area contributed by atoms with E-state index in [0.29, 0.717) is 18.8 Å². The lowest BCUT2D eigenvalue weighted by atomic mass is 9.89. The second kappa shape index (κ2) is 8.74. The van der Waals surface area contributed by atoms with E-state index in [-0.39, 0.29) is 24.1 Å². The number of rotatable bonds is 7. The molecule has 0 spiro atoms. The van der Waals surface area contributed by atoms with Crippen LogP contribution >= 0.6 is 0 Å². The summed E-state index contributed by atoms with van der Waals surface area (Å²) in [5, 5.41) is 0. The quantitative estimate of drug-likeness (QED) is 0.519. The Hall–Kier alpha value is -1.39. The SMILES string of the molecule is CCCc1ccc(COC2CCC(OC(=O)C3CCC4OC4C3)CC2)cc1. The van der Waals surface area contributed by atoms with Crippen molar-refractivity contribution >= 4 is 5.97 Å². The van der Waals surface area contributed by atoms with Crippen molar-refractivity contribution in [1.29, 1.82) is 0 Å². The van der Waals surface area contributed by atoms with E-state index in [2.05, 4.69) is 31.2 Å². The molecule has 3 unspecified atom stereocenters. The number of ether oxygens (including phenoxy) is 3. The number of carbonyl (C=O) groups excluding carboxylic acids is 1. The Labute approximate surface area is 162 Å². The van der Waals surface area contributed by atoms with Gasteiger partial charge in [-0.1, -0.05) is 37.6 Å². The fraction of sp³-hybridized carbons (Fsp3) is 0.696. The molecule has 1 aliphatic heterocycles. The molecule has 4 heteroatoms. The summed E-state index contributed by atoms with van der Waals surface area (Å²) in [6, 6.07) is 8.77. The fourth-order valence-electron chi connectivity index (χ4n) is 4.50. The first-order valence-corrected chi connectivity index (χ1v) is 10.8. The average Bonchev–Trinajstić information content (AvgIpc) is 3.47. The van der Waals surface area contributed by atoms with Gasteiger partial charge in [-0.25, -0.2) is 0 Å². The molecule has 27 heavy (non-hydrogen) atoms. The molecule has 148 valence electrons. The number of hydrogen-bond acceptors (Lipinski definition) is 4. The van der Waals surface area contributed by atoms with Crippen LogP contribution in [0.25, 0.3) is 0 Å². The predicted octanol–water partition coefficient (Wildman–Crippen LogP) is 4.58. The van der Waals surface area contributed by atoms with Crippen LogP contribution in [0.4, 0.5) is 0 Å². The zero-order valence-electron chi connectivity index (χ0n) is 16.4. The number of fused-ring (bicyclic) bond motifs is 1. The van der Waals surface area contributed by atoms with Crippen LogP contribution in [0.5, 0.6) is 0 Å². The van der Waals surface area contributed by atoms with Crippen molar-refractivity contribution in [2.75, 3.05) is 0 Å². The normalized spacial score (nSPS) is 32.6. The Kier molecular flexibility index (Phi) is 6.14. The lowest BCUT2D eigenvalue weighted by molar-refractivity contribution is -0.158. The van der Waals surface area contributed by atoms with Gasteiger partial charge >= 0.3 is 5.97 Å². The highest BCUT2D eigenvalue weighted by molar-refractivity contribution is 5.73. The van der Waals surface area contributed by atoms with Crippen LogP contribution in [-0.2, 0) is 32.0 Å². The van der Waals surface area contributed by atoms with E-state index in [4.69, 9.17) is 14.2 Å². The average molecular weight is 373 g/mol. The molecule has 0 aromatic heterocycles. The molecule has 1 aromatic rings. The summed E-state index contributed by atoms with van der Waals surface area (Å²) < 4.78 is 17.4. The van der Waals surface area contributed by atoms with E-state index in [1.54, 1.807) is 0 Å². The number of benzene rings is 1. The van der Waals surface area contributed by atoms with Gasteiger partial charge in [-0.15, -0.1) is 0 Å². The van der Waals surface area contributed by atoms with Gasteiger partial charge < -0.3 is 14.2 Å². The van der Waals surface area contributed by atoms with Gasteiger partial charge in [0, 0.05) is 0 Å². The van der Waals surface area contributed by atoms with E-state index in [1.165, 1.54) is 17.5 Å². The van der Waals surface area contributed by atoms with E-state index in [0.717, 1.165) is 51.4 Å². The molecular weight excluding hydrogens is 340 g/mol. The Morgan fingerprint density at radius 3 is 2.37 bits per heavy atom. The van der Waals surface area contributed by atoms with Crippen molar-refractivity contribution in [3.05, 3.63) is 35.4 Å². The Bertz CT molecular complexity index is 618. The monoisotopic (exact) mass is 372 g/mol. The highest BCUT2D eigenvalue weighted by Crippen LogP contribution is 2.40. The highest BCUT2D eigenvalue weighted by Gasteiger charge is 2.46. The lowest BCUT2D eigenvalue weighted by Crippen LogP contribution is -2.32. The van der Waals surface area contributed by atoms with Gasteiger partial charge in [0.1, 0.15) is 6.10 Å². The fourth-order valence-corrected chi connectivity index (χ4v) is 4.50. The van der Waals surface area contributed by atoms with Crippen LogP contribution in [-0.4, -0.2) is 30.4 Å². The largest absolute Gasteiger partial charge is 0.462 e. The summed E-state index contributed by atoms with van der Waals surface area (Å²) in [6.07, 6.45) is 10.0. The van der Waals surface area contributed by atoms with Crippen molar-refractivity contribution < 1.29 is 19.0 Å². The lowest BCUT2D eigenvalue weighted by Gasteiger charge is -2.29. The van der Waals surface area contributed by atoms with Crippen LogP contribution in [0.2, 0.25) is 0 Å². The van der Waals surface area contributed by atoms with Crippen molar-refractivity contribution in [2.24, 2.45) is 5.92 Å². The van der Waals surface area contributed by atoms with Gasteiger partial charge in [-0.3, -0.25) is 4.79 Å². The van der Waals surface area contributed by atoms with Crippen LogP contribution < -0.4 is 0 Å². The van der Waals surface area contributed by atoms with Crippen LogP contribution in [0.15, 0.2) is 24.3 Å². The molecule has 4 rings (SSSR count). The highest BCUT2D eigenvalue weighted by atomic mass is 16.6. The number of hydrogen-bond donors (Lipinski definition) is 0. The summed E-state index contributed by atoms with van der Waals surface area (Å²) in [5.74, 6) is 0.0545. The maximum absolute atomic E-state index is 12.4. The molecule has 1 saturated heterocycles. The van der Waals surface area contributed by atoms with Gasteiger partial charge in [-0.05, 0) is 62.5 Å². The molecule has 2 saturated carbocycles. The first-order valence-electron chi connectivity index (χ1n) is 10.8. The Morgan fingerprint density at radius 1 is 0.963 bits per heavy atom. The van der Waals surface area contributed by atoms with Crippen molar-refractivity contribution in [1.82, 2.24) is 0 Å². The Morgan fingerprint density at radius 2 is 1.67 bits per heavy atom. The third-order valence-corrected chi connectivity index (χ3v) is 6.29. The second-order valence-corrected chi connectivity index (χ2v) is 8.44. The molecule has 0 bridgehead atoms. The van der Waals surface area contributed by atoms with E-state index in [1.807, 2.05) is 0 Å². The minimum absolute atomic E-state index is 0.000451. The topological polar surface area (TPSA) is 48.1 Å². The van der Waals surface area contributed by atoms with Crippen LogP contribution in [0, 0.1) is 5.92 Å². The van der Waals surface area contributed by atoms with E-state index in [9.17, 15) is 4.79 Å². The number of aryl methyl sites for hydroxylation is 1. The van der Waals surface area contributed by atoms with E-state index >= 15 is 0 Å². The predicted molar refractivity (Wildman–Crippen MR) is 103 cm³/mol. The molecule has 0 N–H and O–H groups in total. The molecule has 3 atom stereocenters. The van der Waals surface area contributed by atoms with Gasteiger partial charge in [0.05, 0.1) is 30.8 Å². The standard InChI is InChI=1S/C23H32O4/c1-2-3-16-4-6-17(7-5-16)15-25-19-9-11-20(12-10-19)26-23(24)18-8-13-21-22(14-18)27-21/h4-7,18-22H,2-3,8-15H2,1H3. The van der Waals surface area contributed by atoms with Crippen LogP contribution in [0.3, 0.4) is 0 Å². The summed E-state index contributed by atoms with van der Waals surface area (Å²) in [7, 11) is 0. The molecule has 2 aliphatic carbocycles. The van der Waals surface area contributed by atoms with Crippen molar-refractivity contribution in [3.63, 3.8) is 0 Å². The van der Waals surface area contributed by atoms with Crippen molar-refractivity contribution in [3.8, 4) is 0 Å². The molecule has 3 aliphatic rings. The Balaban J connectivity index is 1.15. The van der Waals surface area contributed by atoms with Crippen LogP contribution in [0.1, 0.15) is 69.4 Å². The third-order valence-electron chi connectivity index (χ3n) is 6.29. The molecule has 0 radical (unpaired) electrons. The third kappa shape index (κ3) is 5.11. The summed E-state index contributed by atoms with van der Waals surface area (Å²) in [5.41, 5.74) is 2.63. The molecule has 1 heterocycles. The molecule has 4 nitrogen and oxygen atoms in total. The van der Waals surface area contributed by atoms with Gasteiger partial charge in [0.25, 0.3) is 0 Å². The summed E-state index contributed by atoms with van der Waals surface area (Å²) in [4.78, 5) is 12.4. The van der Waals surface area contributed by atoms with Gasteiger partial charge in [0.2, 0.25) is 0 Å². The molecule has 0 amide bonds. The molecule has 3 fully saturated rings. The summed E-state index contributed by atoms with van der Waals surface area (Å²) >= 11 is 0. The maximum atomic E-state index is 12.4. The zero-order valence-corrected chi connectivity index (χ0v) is 16.4. The minimum Gasteiger partial charge on any atom is -0.462 e. The van der Waals surface area contributed by atoms with Gasteiger partial charge in [0.15, 0.2) is 0 Å². The first-order chi connectivity index (χ1) is 13.2. The van der Waals surface area contributed by atoms with Crippen molar-refractivity contribution in [2.45, 2.75) is 95.7 Å². The van der Waals surface area contributed by atoms with Gasteiger partial charge in [-0.2, -0.15) is 0 Å². The zero-order chi connectivity index (χ0) is 18.6. The summed E-state index contributed by atoms with van der Waals surface area (Å²) in [6.45, 7) is 2.88. The minimum atomic E-state index is 0.000451. The number of epoxide rings is 1. The second-order valence-electron chi connectivity index (χ2n) is 8.44. The number of carbonyl (C=O) groups is 1.